The second kappa shape index (κ2) is 13.8. The smallest absolute Gasteiger partial charge is 0.224 e. The summed E-state index contributed by atoms with van der Waals surface area (Å²) < 4.78 is 5.37. The first-order valence-corrected chi connectivity index (χ1v) is 15.6. The Bertz CT molecular complexity index is 1300. The molecule has 4 rings (SSSR count). The van der Waals surface area contributed by atoms with Crippen LogP contribution < -0.4 is 5.32 Å². The van der Waals surface area contributed by atoms with Crippen molar-refractivity contribution in [1.82, 2.24) is 15.2 Å². The molecule has 2 amide bonds. The third-order valence-corrected chi connectivity index (χ3v) is 8.94. The predicted molar refractivity (Wildman–Crippen MR) is 159 cm³/mol. The third-order valence-electron chi connectivity index (χ3n) is 7.99. The summed E-state index contributed by atoms with van der Waals surface area (Å²) >= 11 is 1.30. The molecular formula is C32H41N3O6S. The Balaban J connectivity index is 1.43. The van der Waals surface area contributed by atoms with Gasteiger partial charge in [0.05, 0.1) is 28.6 Å². The summed E-state index contributed by atoms with van der Waals surface area (Å²) in [6.07, 6.45) is 3.57. The van der Waals surface area contributed by atoms with Gasteiger partial charge >= 0.3 is 0 Å². The molecule has 4 atom stereocenters. The van der Waals surface area contributed by atoms with Crippen molar-refractivity contribution in [2.24, 2.45) is 11.8 Å². The van der Waals surface area contributed by atoms with Crippen LogP contribution in [0.15, 0.2) is 36.5 Å². The highest BCUT2D eigenvalue weighted by molar-refractivity contribution is 7.13. The van der Waals surface area contributed by atoms with Gasteiger partial charge in [0, 0.05) is 37.9 Å². The van der Waals surface area contributed by atoms with Gasteiger partial charge in [0.25, 0.3) is 0 Å². The van der Waals surface area contributed by atoms with Crippen molar-refractivity contribution in [3.63, 3.8) is 0 Å². The highest BCUT2D eigenvalue weighted by Crippen LogP contribution is 2.30. The number of amides is 2. The summed E-state index contributed by atoms with van der Waals surface area (Å²) in [6.45, 7) is 8.32. The number of hydrogen-bond acceptors (Lipinski definition) is 8. The molecule has 0 saturated carbocycles. The van der Waals surface area contributed by atoms with Crippen LogP contribution in [0.3, 0.4) is 0 Å². The number of ketones is 3. The summed E-state index contributed by atoms with van der Waals surface area (Å²) in [5.41, 5.74) is 0.0357. The number of benzene rings is 1. The Morgan fingerprint density at radius 1 is 1.14 bits per heavy atom. The Kier molecular flexibility index (Phi) is 10.4. The minimum Gasteiger partial charge on any atom is -0.361 e. The van der Waals surface area contributed by atoms with E-state index in [4.69, 9.17) is 4.74 Å². The van der Waals surface area contributed by atoms with Gasteiger partial charge in [0.2, 0.25) is 11.8 Å². The molecule has 9 nitrogen and oxygen atoms in total. The van der Waals surface area contributed by atoms with Crippen molar-refractivity contribution in [3.8, 4) is 0 Å². The molecule has 1 aromatic carbocycles. The van der Waals surface area contributed by atoms with Crippen LogP contribution in [0.25, 0.3) is 0 Å². The number of carbonyl (C=O) groups is 5. The number of nitrogens with one attached hydrogen (secondary N) is 1. The molecule has 0 spiro atoms. The van der Waals surface area contributed by atoms with E-state index in [1.807, 2.05) is 51.1 Å². The molecule has 1 N–H and O–H groups in total. The zero-order chi connectivity index (χ0) is 30.4. The highest BCUT2D eigenvalue weighted by atomic mass is 32.1. The molecule has 42 heavy (non-hydrogen) atoms. The maximum atomic E-state index is 13.7. The number of aryl methyl sites for hydroxylation is 1. The summed E-state index contributed by atoms with van der Waals surface area (Å²) in [6, 6.07) is 8.14. The fraction of sp³-hybridized carbons (Fsp3) is 0.562. The first kappa shape index (κ1) is 31.7. The van der Waals surface area contributed by atoms with Gasteiger partial charge < -0.3 is 15.0 Å². The van der Waals surface area contributed by atoms with Crippen molar-refractivity contribution >= 4 is 40.5 Å². The molecule has 226 valence electrons. The molecular weight excluding hydrogens is 554 g/mol. The number of carbonyl (C=O) groups excluding carboxylic acids is 5. The van der Waals surface area contributed by atoms with Gasteiger partial charge in [-0.15, -0.1) is 11.3 Å². The van der Waals surface area contributed by atoms with Crippen LogP contribution in [0.1, 0.15) is 79.5 Å². The highest BCUT2D eigenvalue weighted by Gasteiger charge is 2.50. The van der Waals surface area contributed by atoms with Crippen LogP contribution in [0, 0.1) is 18.8 Å². The van der Waals surface area contributed by atoms with Crippen molar-refractivity contribution in [3.05, 3.63) is 52.0 Å². The lowest BCUT2D eigenvalue weighted by Gasteiger charge is -2.27. The number of aromatic nitrogens is 1. The topological polar surface area (TPSA) is 126 Å². The van der Waals surface area contributed by atoms with E-state index in [0.717, 1.165) is 10.6 Å². The average Bonchev–Trinajstić information content (AvgIpc) is 3.32. The molecule has 0 unspecified atom stereocenters. The lowest BCUT2D eigenvalue weighted by atomic mass is 9.89. The van der Waals surface area contributed by atoms with Crippen LogP contribution >= 0.6 is 11.3 Å². The number of thiazole rings is 1. The molecule has 2 aliphatic rings. The molecule has 0 bridgehead atoms. The van der Waals surface area contributed by atoms with Gasteiger partial charge in [0.1, 0.15) is 5.60 Å². The second-order valence-electron chi connectivity index (χ2n) is 12.0. The second-order valence-corrected chi connectivity index (χ2v) is 13.3. The van der Waals surface area contributed by atoms with Crippen molar-refractivity contribution < 1.29 is 28.7 Å². The van der Waals surface area contributed by atoms with Crippen molar-refractivity contribution in [2.75, 3.05) is 13.2 Å². The Hall–Kier alpha value is -3.24. The van der Waals surface area contributed by atoms with Crippen LogP contribution in [0.5, 0.6) is 0 Å². The van der Waals surface area contributed by atoms with Crippen molar-refractivity contribution in [1.29, 1.82) is 0 Å². The number of ether oxygens (including phenoxy) is 1. The lowest BCUT2D eigenvalue weighted by Crippen LogP contribution is -2.49. The minimum absolute atomic E-state index is 0.0212. The number of rotatable bonds is 15. The van der Waals surface area contributed by atoms with Crippen molar-refractivity contribution in [2.45, 2.75) is 90.3 Å². The maximum Gasteiger partial charge on any atom is 0.224 e. The van der Waals surface area contributed by atoms with Crippen LogP contribution in [0.2, 0.25) is 0 Å². The number of Topliss-reactive ketones (excluding diaryl/α,β-unsaturated/α-hetero) is 3. The van der Waals surface area contributed by atoms with E-state index >= 15 is 0 Å². The standard InChI is InChI=1S/C32H41N3O6S/c1-20(2)15-24(30(39)32(4)19-41-32)34-31(40)23(16-22-9-6-5-7-10-22)17-27(37)25-11-8-14-35(25)29(38)13-12-26(36)28-18-33-21(3)42-28/h5-7,9-10,18,20,23-25H,8,11-17,19H2,1-4H3,(H,34,40)/t23-,24+,25+,32-/m1/s1. The summed E-state index contributed by atoms with van der Waals surface area (Å²) in [5.74, 6) is -1.58. The quantitative estimate of drug-likeness (QED) is 0.243. The van der Waals surface area contributed by atoms with E-state index in [1.165, 1.54) is 17.5 Å². The number of epoxide rings is 1. The fourth-order valence-electron chi connectivity index (χ4n) is 5.52. The molecule has 2 aromatic rings. The normalized spacial score (nSPS) is 21.2. The third kappa shape index (κ3) is 8.19. The Morgan fingerprint density at radius 2 is 1.86 bits per heavy atom. The van der Waals surface area contributed by atoms with E-state index in [9.17, 15) is 24.0 Å². The van der Waals surface area contributed by atoms with E-state index in [1.54, 1.807) is 11.8 Å². The van der Waals surface area contributed by atoms with Crippen LogP contribution in [0.4, 0.5) is 0 Å². The van der Waals surface area contributed by atoms with E-state index in [2.05, 4.69) is 10.3 Å². The lowest BCUT2D eigenvalue weighted by molar-refractivity contribution is -0.139. The minimum atomic E-state index is -0.873. The molecule has 2 saturated heterocycles. The van der Waals surface area contributed by atoms with Crippen LogP contribution in [-0.2, 0) is 30.3 Å². The average molecular weight is 596 g/mol. The summed E-state index contributed by atoms with van der Waals surface area (Å²) in [4.78, 5) is 72.3. The Labute approximate surface area is 251 Å². The molecule has 10 heteroatoms. The molecule has 0 radical (unpaired) electrons. The molecule has 2 fully saturated rings. The number of likely N-dealkylation sites (tertiary alicyclic amines) is 1. The predicted octanol–water partition coefficient (Wildman–Crippen LogP) is 4.11. The SMILES string of the molecule is Cc1ncc(C(=O)CCC(=O)N2CCC[C@H]2C(=O)C[C@@H](Cc2ccccc2)C(=O)N[C@@H](CC(C)C)C(=O)[C@@]2(C)CO2)s1. The number of hydrogen-bond donors (Lipinski definition) is 1. The zero-order valence-electron chi connectivity index (χ0n) is 24.9. The van der Waals surface area contributed by atoms with Gasteiger partial charge in [-0.2, -0.15) is 0 Å². The largest absolute Gasteiger partial charge is 0.361 e. The van der Waals surface area contributed by atoms with E-state index in [-0.39, 0.29) is 54.3 Å². The molecule has 2 aliphatic heterocycles. The van der Waals surface area contributed by atoms with Gasteiger partial charge in [-0.05, 0) is 51.0 Å². The van der Waals surface area contributed by atoms with Gasteiger partial charge in [-0.3, -0.25) is 24.0 Å². The number of nitrogens with zero attached hydrogens (tertiary/aromatic N) is 2. The molecule has 3 heterocycles. The van der Waals surface area contributed by atoms with Gasteiger partial charge in [-0.1, -0.05) is 44.2 Å². The first-order valence-electron chi connectivity index (χ1n) is 14.8. The zero-order valence-corrected chi connectivity index (χ0v) is 25.7. The summed E-state index contributed by atoms with van der Waals surface area (Å²) in [5, 5.41) is 3.74. The Morgan fingerprint density at radius 3 is 2.48 bits per heavy atom. The first-order chi connectivity index (χ1) is 20.0. The van der Waals surface area contributed by atoms with E-state index in [0.29, 0.717) is 43.7 Å². The summed E-state index contributed by atoms with van der Waals surface area (Å²) in [7, 11) is 0. The maximum absolute atomic E-state index is 13.7. The fourth-order valence-corrected chi connectivity index (χ4v) is 6.27. The monoisotopic (exact) mass is 595 g/mol. The van der Waals surface area contributed by atoms with E-state index < -0.39 is 23.6 Å². The van der Waals surface area contributed by atoms with Gasteiger partial charge in [-0.25, -0.2) is 4.98 Å². The molecule has 0 aliphatic carbocycles. The van der Waals surface area contributed by atoms with Gasteiger partial charge in [0.15, 0.2) is 17.3 Å². The van der Waals surface area contributed by atoms with Crippen LogP contribution in [-0.4, -0.2) is 69.9 Å². The molecule has 1 aromatic heterocycles.